The second-order valence-electron chi connectivity index (χ2n) is 5.65. The standard InChI is InChI=1S/C16H19N3O2/c1-18-9-6-13(7-10-18)12-2-4-14(5-3-12)19-11-8-15(20)17-16(19)21/h2-5,8,11,13H,6-7,9-10H2,1H3,(H,17,20,21). The first-order valence-corrected chi connectivity index (χ1v) is 7.24. The molecule has 0 saturated carbocycles. The van der Waals surface area contributed by atoms with E-state index in [-0.39, 0.29) is 5.56 Å². The summed E-state index contributed by atoms with van der Waals surface area (Å²) in [7, 11) is 2.15. The number of nitrogens with one attached hydrogen (secondary N) is 1. The molecule has 1 saturated heterocycles. The van der Waals surface area contributed by atoms with Gasteiger partial charge in [-0.1, -0.05) is 12.1 Å². The molecule has 0 unspecified atom stereocenters. The van der Waals surface area contributed by atoms with Crippen molar-refractivity contribution in [3.05, 3.63) is 62.9 Å². The lowest BCUT2D eigenvalue weighted by Crippen LogP contribution is -2.29. The highest BCUT2D eigenvalue weighted by molar-refractivity contribution is 5.36. The van der Waals surface area contributed by atoms with Crippen LogP contribution in [0.25, 0.3) is 5.69 Å². The van der Waals surface area contributed by atoms with Crippen molar-refractivity contribution in [2.45, 2.75) is 18.8 Å². The van der Waals surface area contributed by atoms with Gasteiger partial charge in [0, 0.05) is 12.3 Å². The third-order valence-corrected chi connectivity index (χ3v) is 4.19. The highest BCUT2D eigenvalue weighted by Crippen LogP contribution is 2.27. The van der Waals surface area contributed by atoms with Crippen molar-refractivity contribution in [3.63, 3.8) is 0 Å². The zero-order chi connectivity index (χ0) is 14.8. The van der Waals surface area contributed by atoms with E-state index in [4.69, 9.17) is 0 Å². The molecular weight excluding hydrogens is 266 g/mol. The second kappa shape index (κ2) is 5.69. The summed E-state index contributed by atoms with van der Waals surface area (Å²) < 4.78 is 1.44. The Balaban J connectivity index is 1.84. The minimum Gasteiger partial charge on any atom is -0.306 e. The summed E-state index contributed by atoms with van der Waals surface area (Å²) in [6.45, 7) is 2.26. The Labute approximate surface area is 122 Å². The van der Waals surface area contributed by atoms with Gasteiger partial charge in [0.1, 0.15) is 0 Å². The van der Waals surface area contributed by atoms with Crippen LogP contribution in [0.4, 0.5) is 0 Å². The van der Waals surface area contributed by atoms with Gasteiger partial charge >= 0.3 is 5.69 Å². The summed E-state index contributed by atoms with van der Waals surface area (Å²) in [6, 6.07) is 9.40. The summed E-state index contributed by atoms with van der Waals surface area (Å²) in [6.07, 6.45) is 3.86. The molecule has 1 fully saturated rings. The normalized spacial score (nSPS) is 17.0. The molecule has 0 atom stereocenters. The number of likely N-dealkylation sites (tertiary alicyclic amines) is 1. The predicted molar refractivity (Wildman–Crippen MR) is 82.1 cm³/mol. The van der Waals surface area contributed by atoms with Crippen molar-refractivity contribution in [3.8, 4) is 5.69 Å². The van der Waals surface area contributed by atoms with E-state index in [1.165, 1.54) is 35.2 Å². The van der Waals surface area contributed by atoms with Crippen molar-refractivity contribution in [2.75, 3.05) is 20.1 Å². The summed E-state index contributed by atoms with van der Waals surface area (Å²) >= 11 is 0. The maximum Gasteiger partial charge on any atom is 0.332 e. The molecule has 1 aromatic heterocycles. The number of hydrogen-bond acceptors (Lipinski definition) is 3. The van der Waals surface area contributed by atoms with Crippen molar-refractivity contribution < 1.29 is 0 Å². The largest absolute Gasteiger partial charge is 0.332 e. The van der Waals surface area contributed by atoms with Crippen LogP contribution < -0.4 is 11.2 Å². The van der Waals surface area contributed by atoms with Gasteiger partial charge in [0.2, 0.25) is 0 Å². The Hall–Kier alpha value is -2.14. The molecule has 3 rings (SSSR count). The molecule has 2 heterocycles. The van der Waals surface area contributed by atoms with Gasteiger partial charge in [-0.05, 0) is 56.6 Å². The molecule has 21 heavy (non-hydrogen) atoms. The van der Waals surface area contributed by atoms with Crippen LogP contribution in [0.3, 0.4) is 0 Å². The maximum absolute atomic E-state index is 11.8. The third kappa shape index (κ3) is 2.97. The highest BCUT2D eigenvalue weighted by atomic mass is 16.2. The van der Waals surface area contributed by atoms with Crippen LogP contribution in [0.1, 0.15) is 24.3 Å². The zero-order valence-electron chi connectivity index (χ0n) is 12.1. The summed E-state index contributed by atoms with van der Waals surface area (Å²) in [5.41, 5.74) is 1.31. The molecule has 1 N–H and O–H groups in total. The number of piperidine rings is 1. The smallest absolute Gasteiger partial charge is 0.306 e. The molecule has 5 heteroatoms. The molecule has 110 valence electrons. The molecule has 0 spiro atoms. The van der Waals surface area contributed by atoms with Crippen molar-refractivity contribution in [2.24, 2.45) is 0 Å². The van der Waals surface area contributed by atoms with Gasteiger partial charge < -0.3 is 4.90 Å². The molecular formula is C16H19N3O2. The van der Waals surface area contributed by atoms with Crippen molar-refractivity contribution in [1.82, 2.24) is 14.5 Å². The lowest BCUT2D eigenvalue weighted by molar-refractivity contribution is 0.255. The van der Waals surface area contributed by atoms with E-state index in [1.807, 2.05) is 12.1 Å². The fourth-order valence-electron chi connectivity index (χ4n) is 2.87. The van der Waals surface area contributed by atoms with E-state index in [9.17, 15) is 9.59 Å². The minimum atomic E-state index is -0.408. The van der Waals surface area contributed by atoms with E-state index >= 15 is 0 Å². The van der Waals surface area contributed by atoms with E-state index in [2.05, 4.69) is 29.1 Å². The number of nitrogens with zero attached hydrogens (tertiary/aromatic N) is 2. The number of aromatic nitrogens is 2. The average molecular weight is 285 g/mol. The monoisotopic (exact) mass is 285 g/mol. The Morgan fingerprint density at radius 3 is 2.33 bits per heavy atom. The van der Waals surface area contributed by atoms with Crippen LogP contribution in [0.2, 0.25) is 0 Å². The van der Waals surface area contributed by atoms with Crippen LogP contribution in [0, 0.1) is 0 Å². The van der Waals surface area contributed by atoms with E-state index in [0.717, 1.165) is 18.8 Å². The van der Waals surface area contributed by atoms with Gasteiger partial charge in [-0.2, -0.15) is 0 Å². The van der Waals surface area contributed by atoms with Crippen LogP contribution in [-0.2, 0) is 0 Å². The van der Waals surface area contributed by atoms with Crippen LogP contribution in [-0.4, -0.2) is 34.6 Å². The summed E-state index contributed by atoms with van der Waals surface area (Å²) in [5, 5.41) is 0. The first-order chi connectivity index (χ1) is 10.1. The Morgan fingerprint density at radius 1 is 1.05 bits per heavy atom. The van der Waals surface area contributed by atoms with Crippen LogP contribution >= 0.6 is 0 Å². The lowest BCUT2D eigenvalue weighted by atomic mass is 9.89. The SMILES string of the molecule is CN1CCC(c2ccc(-n3ccc(=O)[nH]c3=O)cc2)CC1. The molecule has 2 aromatic rings. The molecule has 1 aliphatic rings. The molecule has 1 aliphatic heterocycles. The fraction of sp³-hybridized carbons (Fsp3) is 0.375. The molecule has 5 nitrogen and oxygen atoms in total. The van der Waals surface area contributed by atoms with E-state index in [0.29, 0.717) is 5.92 Å². The average Bonchev–Trinajstić information content (AvgIpc) is 2.48. The number of aromatic amines is 1. The second-order valence-corrected chi connectivity index (χ2v) is 5.65. The quantitative estimate of drug-likeness (QED) is 0.905. The van der Waals surface area contributed by atoms with Gasteiger partial charge in [-0.15, -0.1) is 0 Å². The highest BCUT2D eigenvalue weighted by Gasteiger charge is 2.18. The number of H-pyrrole nitrogens is 1. The van der Waals surface area contributed by atoms with Crippen LogP contribution in [0.15, 0.2) is 46.1 Å². The van der Waals surface area contributed by atoms with Gasteiger partial charge in [-0.3, -0.25) is 14.3 Å². The summed E-state index contributed by atoms with van der Waals surface area (Å²) in [4.78, 5) is 27.5. The molecule has 0 aliphatic carbocycles. The van der Waals surface area contributed by atoms with E-state index < -0.39 is 5.69 Å². The molecule has 0 radical (unpaired) electrons. The number of hydrogen-bond donors (Lipinski definition) is 1. The minimum absolute atomic E-state index is 0.376. The Morgan fingerprint density at radius 2 is 1.71 bits per heavy atom. The van der Waals surface area contributed by atoms with Crippen molar-refractivity contribution >= 4 is 0 Å². The topological polar surface area (TPSA) is 58.1 Å². The predicted octanol–water partition coefficient (Wildman–Crippen LogP) is 1.33. The molecule has 1 aromatic carbocycles. The first-order valence-electron chi connectivity index (χ1n) is 7.24. The van der Waals surface area contributed by atoms with Gasteiger partial charge in [0.25, 0.3) is 5.56 Å². The van der Waals surface area contributed by atoms with Crippen molar-refractivity contribution in [1.29, 1.82) is 0 Å². The van der Waals surface area contributed by atoms with Gasteiger partial charge in [0.15, 0.2) is 0 Å². The molecule has 0 bridgehead atoms. The number of rotatable bonds is 2. The Bertz CT molecular complexity index is 722. The maximum atomic E-state index is 11.8. The third-order valence-electron chi connectivity index (χ3n) is 4.19. The first kappa shape index (κ1) is 13.8. The fourth-order valence-corrected chi connectivity index (χ4v) is 2.87. The zero-order valence-corrected chi connectivity index (χ0v) is 12.1. The lowest BCUT2D eigenvalue weighted by Gasteiger charge is -2.29. The summed E-state index contributed by atoms with van der Waals surface area (Å²) in [5.74, 6) is 0.600. The van der Waals surface area contributed by atoms with Gasteiger partial charge in [0.05, 0.1) is 5.69 Å². The van der Waals surface area contributed by atoms with Gasteiger partial charge in [-0.25, -0.2) is 4.79 Å². The Kier molecular flexibility index (Phi) is 3.75. The number of benzene rings is 1. The van der Waals surface area contributed by atoms with E-state index in [1.54, 1.807) is 0 Å². The van der Waals surface area contributed by atoms with Crippen LogP contribution in [0.5, 0.6) is 0 Å². The molecule has 0 amide bonds.